The number of aromatic nitrogens is 4. The van der Waals surface area contributed by atoms with Crippen LogP contribution in [0.2, 0.25) is 0 Å². The maximum absolute atomic E-state index is 12.4. The Balaban J connectivity index is 0.00000363. The third kappa shape index (κ3) is 5.24. The average Bonchev–Trinajstić information content (AvgIpc) is 3.07. The zero-order valence-corrected chi connectivity index (χ0v) is 20.8. The number of β-lactam (4-membered cyclic amide) rings is 1. The molecular formula is C13H12F3N6NaO6S3. The number of tetrazole rings is 1. The molecule has 0 bridgehead atoms. The van der Waals surface area contributed by atoms with Gasteiger partial charge in [0.2, 0.25) is 11.1 Å². The molecule has 12 nitrogen and oxygen atoms in total. The zero-order chi connectivity index (χ0) is 23.1. The SMILES string of the molecule is Cn1nnnc1SCC1=C(C(=O)[O-])N2C(=O)[C@@H](NC(=O)CS(=O)(=O)C(F)(F)F)[C@H]2SC1.[Na+]. The molecule has 0 radical (unpaired) electrons. The van der Waals surface area contributed by atoms with E-state index >= 15 is 0 Å². The normalized spacial score (nSPS) is 20.9. The Morgan fingerprint density at radius 2 is 2.03 bits per heavy atom. The number of carboxylic acids is 1. The van der Waals surface area contributed by atoms with Crippen LogP contribution in [-0.4, -0.2) is 85.5 Å². The molecule has 2 atom stereocenters. The number of halogens is 3. The molecule has 0 aromatic carbocycles. The average molecular weight is 524 g/mol. The van der Waals surface area contributed by atoms with Gasteiger partial charge in [0.1, 0.15) is 17.2 Å². The molecule has 2 amide bonds. The summed E-state index contributed by atoms with van der Waals surface area (Å²) in [5.41, 5.74) is -5.70. The largest absolute Gasteiger partial charge is 1.00 e. The number of nitrogens with one attached hydrogen (secondary N) is 1. The second kappa shape index (κ2) is 9.88. The molecule has 170 valence electrons. The number of hydrogen-bond donors (Lipinski definition) is 1. The van der Waals surface area contributed by atoms with Gasteiger partial charge in [-0.05, 0) is 16.0 Å². The van der Waals surface area contributed by atoms with Crippen molar-refractivity contribution in [3.63, 3.8) is 0 Å². The first-order chi connectivity index (χ1) is 14.3. The maximum atomic E-state index is 12.4. The summed E-state index contributed by atoms with van der Waals surface area (Å²) in [6.07, 6.45) is 0. The molecule has 1 saturated heterocycles. The second-order valence-corrected chi connectivity index (χ2v) is 10.3. The number of nitrogens with zero attached hydrogens (tertiary/aromatic N) is 5. The Morgan fingerprint density at radius 3 is 2.56 bits per heavy atom. The van der Waals surface area contributed by atoms with Crippen molar-refractivity contribution in [2.24, 2.45) is 7.05 Å². The summed E-state index contributed by atoms with van der Waals surface area (Å²) in [5, 5.41) is 23.8. The van der Waals surface area contributed by atoms with Crippen LogP contribution in [0.3, 0.4) is 0 Å². The van der Waals surface area contributed by atoms with E-state index in [1.807, 2.05) is 5.32 Å². The van der Waals surface area contributed by atoms with E-state index < -0.39 is 56.0 Å². The van der Waals surface area contributed by atoms with E-state index in [9.17, 15) is 41.1 Å². The van der Waals surface area contributed by atoms with Crippen molar-refractivity contribution in [3.8, 4) is 0 Å². The number of amides is 2. The summed E-state index contributed by atoms with van der Waals surface area (Å²) in [6.45, 7) is 0. The van der Waals surface area contributed by atoms with Crippen LogP contribution in [0, 0.1) is 0 Å². The third-order valence-electron chi connectivity index (χ3n) is 4.19. The van der Waals surface area contributed by atoms with Gasteiger partial charge in [0.15, 0.2) is 0 Å². The molecule has 1 N–H and O–H groups in total. The molecule has 3 rings (SSSR count). The number of fused-ring (bicyclic) bond motifs is 1. The Bertz CT molecular complexity index is 1080. The number of carbonyl (C=O) groups is 3. The maximum Gasteiger partial charge on any atom is 1.00 e. The van der Waals surface area contributed by atoms with Gasteiger partial charge >= 0.3 is 35.1 Å². The van der Waals surface area contributed by atoms with Crippen molar-refractivity contribution in [2.45, 2.75) is 22.1 Å². The third-order valence-corrected chi connectivity index (χ3v) is 7.97. The Labute approximate surface area is 208 Å². The number of thioether (sulfide) groups is 2. The summed E-state index contributed by atoms with van der Waals surface area (Å²) in [7, 11) is -4.14. The predicted molar refractivity (Wildman–Crippen MR) is 96.4 cm³/mol. The number of aliphatic carboxylic acids is 1. The molecule has 0 aliphatic carbocycles. The number of sulfone groups is 1. The molecule has 19 heteroatoms. The Hall–Kier alpha value is -1.34. The smallest absolute Gasteiger partial charge is 0.543 e. The van der Waals surface area contributed by atoms with Gasteiger partial charge in [0, 0.05) is 18.6 Å². The molecule has 1 aromatic rings. The minimum absolute atomic E-state index is 0. The van der Waals surface area contributed by atoms with Crippen molar-refractivity contribution in [2.75, 3.05) is 17.3 Å². The molecule has 0 saturated carbocycles. The number of carbonyl (C=O) groups excluding carboxylic acids is 3. The first kappa shape index (κ1) is 26.9. The van der Waals surface area contributed by atoms with Crippen LogP contribution in [0.1, 0.15) is 0 Å². The molecule has 1 aromatic heterocycles. The van der Waals surface area contributed by atoms with Crippen LogP contribution in [-0.2, 0) is 31.3 Å². The predicted octanol–water partition coefficient (Wildman–Crippen LogP) is -5.36. The number of aryl methyl sites for hydroxylation is 1. The van der Waals surface area contributed by atoms with Gasteiger partial charge in [-0.25, -0.2) is 13.1 Å². The van der Waals surface area contributed by atoms with Crippen LogP contribution >= 0.6 is 23.5 Å². The van der Waals surface area contributed by atoms with Crippen LogP contribution in [0.4, 0.5) is 13.2 Å². The molecule has 2 aliphatic rings. The summed E-state index contributed by atoms with van der Waals surface area (Å²) in [6, 6.07) is -1.37. The number of alkyl halides is 3. The van der Waals surface area contributed by atoms with Crippen molar-refractivity contribution in [1.82, 2.24) is 30.4 Å². The molecule has 2 aliphatic heterocycles. The van der Waals surface area contributed by atoms with Crippen LogP contribution in [0.5, 0.6) is 0 Å². The second-order valence-electron chi connectivity index (χ2n) is 6.27. The van der Waals surface area contributed by atoms with Gasteiger partial charge in [-0.1, -0.05) is 11.8 Å². The van der Waals surface area contributed by atoms with Gasteiger partial charge in [-0.2, -0.15) is 13.2 Å². The van der Waals surface area contributed by atoms with E-state index in [-0.39, 0.29) is 41.1 Å². The summed E-state index contributed by atoms with van der Waals surface area (Å²) >= 11 is 2.17. The van der Waals surface area contributed by atoms with Gasteiger partial charge in [-0.15, -0.1) is 16.9 Å². The summed E-state index contributed by atoms with van der Waals surface area (Å²) in [5.74, 6) is -5.72. The minimum atomic E-state index is -5.72. The van der Waals surface area contributed by atoms with Gasteiger partial charge in [-0.3, -0.25) is 14.5 Å². The fourth-order valence-electron chi connectivity index (χ4n) is 2.75. The van der Waals surface area contributed by atoms with Crippen molar-refractivity contribution < 1.29 is 70.6 Å². The van der Waals surface area contributed by atoms with Gasteiger partial charge < -0.3 is 15.2 Å². The number of carboxylic acid groups (broad SMARTS) is 1. The van der Waals surface area contributed by atoms with Crippen molar-refractivity contribution >= 4 is 51.1 Å². The van der Waals surface area contributed by atoms with Crippen LogP contribution in [0.15, 0.2) is 16.4 Å². The quantitative estimate of drug-likeness (QED) is 0.205. The molecule has 1 fully saturated rings. The van der Waals surface area contributed by atoms with E-state index in [4.69, 9.17) is 0 Å². The van der Waals surface area contributed by atoms with Crippen LogP contribution < -0.4 is 40.0 Å². The topological polar surface area (TPSA) is 167 Å². The minimum Gasteiger partial charge on any atom is -0.543 e. The Morgan fingerprint density at radius 1 is 1.38 bits per heavy atom. The summed E-state index contributed by atoms with van der Waals surface area (Å²) in [4.78, 5) is 36.6. The van der Waals surface area contributed by atoms with E-state index in [0.29, 0.717) is 10.7 Å². The fraction of sp³-hybridized carbons (Fsp3) is 0.538. The van der Waals surface area contributed by atoms with E-state index in [2.05, 4.69) is 15.5 Å². The summed E-state index contributed by atoms with van der Waals surface area (Å²) < 4.78 is 60.8. The monoisotopic (exact) mass is 524 g/mol. The van der Waals surface area contributed by atoms with Crippen LogP contribution in [0.25, 0.3) is 0 Å². The first-order valence-corrected chi connectivity index (χ1v) is 11.8. The first-order valence-electron chi connectivity index (χ1n) is 8.15. The van der Waals surface area contributed by atoms with Crippen molar-refractivity contribution in [1.29, 1.82) is 0 Å². The standard InChI is InChI=1S/C13H13F3N6O6S3.Na/c1-21-12(18-19-20-21)30-3-5-2-29-10-7(9(24)22(10)8(5)11(25)26)17-6(23)4-31(27,28)13(14,15)16;/h7,10H,2-4H2,1H3,(H,17,23)(H,25,26);/q;+1/p-1/t7-,10-;/m1./s1. The van der Waals surface area contributed by atoms with E-state index in [1.165, 1.54) is 4.68 Å². The number of rotatable bonds is 7. The Kier molecular flexibility index (Phi) is 8.31. The van der Waals surface area contributed by atoms with Gasteiger partial charge in [0.25, 0.3) is 15.7 Å². The molecular weight excluding hydrogens is 512 g/mol. The van der Waals surface area contributed by atoms with Gasteiger partial charge in [0.05, 0.1) is 11.7 Å². The zero-order valence-electron chi connectivity index (χ0n) is 16.3. The number of hydrogen-bond acceptors (Lipinski definition) is 11. The molecule has 0 unspecified atom stereocenters. The fourth-order valence-corrected chi connectivity index (χ4v) is 5.67. The molecule has 32 heavy (non-hydrogen) atoms. The van der Waals surface area contributed by atoms with E-state index in [1.54, 1.807) is 7.05 Å². The molecule has 3 heterocycles. The van der Waals surface area contributed by atoms with E-state index in [0.717, 1.165) is 28.4 Å². The van der Waals surface area contributed by atoms with Crippen molar-refractivity contribution in [3.05, 3.63) is 11.3 Å². The molecule has 0 spiro atoms.